The van der Waals surface area contributed by atoms with Gasteiger partial charge in [0.25, 0.3) is 0 Å². The van der Waals surface area contributed by atoms with Crippen LogP contribution >= 0.6 is 0 Å². The van der Waals surface area contributed by atoms with E-state index in [0.717, 1.165) is 5.75 Å². The number of carbonyl (C=O) groups excluding carboxylic acids is 1. The number of benzene rings is 1. The third-order valence-electron chi connectivity index (χ3n) is 4.65. The number of carbonyl (C=O) groups is 1. The molecule has 0 saturated carbocycles. The summed E-state index contributed by atoms with van der Waals surface area (Å²) in [5.41, 5.74) is 0.372. The molecule has 224 valence electrons. The van der Waals surface area contributed by atoms with Gasteiger partial charge in [-0.1, -0.05) is 24.8 Å². The minimum atomic E-state index is -0.411. The van der Waals surface area contributed by atoms with Gasteiger partial charge in [0.15, 0.2) is 0 Å². The van der Waals surface area contributed by atoms with Gasteiger partial charge < -0.3 is 47.4 Å². The summed E-state index contributed by atoms with van der Waals surface area (Å²) in [7, 11) is 0. The Balaban J connectivity index is 1.64. The SMILES string of the molecule is C=C(C)C(=O)OCCOCCOCCOCCOCCOCCOCCOCCOCCOc1ccccc1. The van der Waals surface area contributed by atoms with Crippen LogP contribution in [0.5, 0.6) is 5.75 Å². The molecule has 0 N–H and O–H groups in total. The van der Waals surface area contributed by atoms with Crippen molar-refractivity contribution in [1.82, 2.24) is 0 Å². The first-order chi connectivity index (χ1) is 19.2. The molecule has 0 aromatic heterocycles. The van der Waals surface area contributed by atoms with Gasteiger partial charge in [-0.05, 0) is 19.1 Å². The molecule has 11 heteroatoms. The van der Waals surface area contributed by atoms with Crippen LogP contribution < -0.4 is 4.74 Å². The first kappa shape index (κ1) is 34.9. The fourth-order valence-corrected chi connectivity index (χ4v) is 2.69. The van der Waals surface area contributed by atoms with Gasteiger partial charge in [0, 0.05) is 5.57 Å². The summed E-state index contributed by atoms with van der Waals surface area (Å²) in [4.78, 5) is 11.2. The van der Waals surface area contributed by atoms with E-state index in [1.807, 2.05) is 30.3 Å². The average molecular weight is 559 g/mol. The van der Waals surface area contributed by atoms with Crippen molar-refractivity contribution in [2.45, 2.75) is 6.92 Å². The predicted molar refractivity (Wildman–Crippen MR) is 144 cm³/mol. The number of rotatable bonds is 29. The summed E-state index contributed by atoms with van der Waals surface area (Å²) in [6, 6.07) is 9.65. The Bertz CT molecular complexity index is 687. The lowest BCUT2D eigenvalue weighted by Gasteiger charge is -2.09. The van der Waals surface area contributed by atoms with E-state index in [4.69, 9.17) is 47.4 Å². The maximum Gasteiger partial charge on any atom is 0.333 e. The molecule has 0 heterocycles. The van der Waals surface area contributed by atoms with E-state index >= 15 is 0 Å². The fourth-order valence-electron chi connectivity index (χ4n) is 2.69. The molecule has 0 aliphatic carbocycles. The quantitative estimate of drug-likeness (QED) is 0.0821. The summed E-state index contributed by atoms with van der Waals surface area (Å²) in [6.45, 7) is 13.6. The molecule has 0 atom stereocenters. The molecule has 0 aliphatic rings. The van der Waals surface area contributed by atoms with E-state index in [2.05, 4.69) is 6.58 Å². The Morgan fingerprint density at radius 2 is 0.821 bits per heavy atom. The molecular formula is C28H46O11. The second-order valence-corrected chi connectivity index (χ2v) is 7.98. The third kappa shape index (κ3) is 24.7. The molecular weight excluding hydrogens is 512 g/mol. The largest absolute Gasteiger partial charge is 0.491 e. The minimum Gasteiger partial charge on any atom is -0.491 e. The van der Waals surface area contributed by atoms with Crippen LogP contribution in [0.2, 0.25) is 0 Å². The molecule has 0 unspecified atom stereocenters. The molecule has 0 aliphatic heterocycles. The lowest BCUT2D eigenvalue weighted by Crippen LogP contribution is -2.15. The van der Waals surface area contributed by atoms with Gasteiger partial charge in [-0.3, -0.25) is 0 Å². The third-order valence-corrected chi connectivity index (χ3v) is 4.65. The maximum atomic E-state index is 11.2. The molecule has 11 nitrogen and oxygen atoms in total. The molecule has 1 aromatic carbocycles. The smallest absolute Gasteiger partial charge is 0.333 e. The standard InChI is InChI=1S/C28H46O11/c1-26(2)28(29)39-25-23-37-21-19-35-17-15-33-13-11-31-9-8-30-10-12-32-14-16-34-18-20-36-22-24-38-27-6-4-3-5-7-27/h3-7H,1,8-25H2,2H3. The van der Waals surface area contributed by atoms with E-state index in [9.17, 15) is 4.79 Å². The summed E-state index contributed by atoms with van der Waals surface area (Å²) < 4.78 is 53.8. The van der Waals surface area contributed by atoms with Crippen LogP contribution in [0.4, 0.5) is 0 Å². The Morgan fingerprint density at radius 3 is 1.15 bits per heavy atom. The normalized spacial score (nSPS) is 11.0. The van der Waals surface area contributed by atoms with Crippen LogP contribution in [-0.4, -0.2) is 125 Å². The summed E-state index contributed by atoms with van der Waals surface area (Å²) in [5, 5.41) is 0. The van der Waals surface area contributed by atoms with Crippen molar-refractivity contribution < 1.29 is 52.2 Å². The zero-order chi connectivity index (χ0) is 28.1. The average Bonchev–Trinajstić information content (AvgIpc) is 2.94. The molecule has 0 spiro atoms. The van der Waals surface area contributed by atoms with Gasteiger partial charge >= 0.3 is 5.97 Å². The first-order valence-corrected chi connectivity index (χ1v) is 13.3. The Kier molecular flexibility index (Phi) is 24.6. The molecule has 0 bridgehead atoms. The van der Waals surface area contributed by atoms with E-state index in [1.165, 1.54) is 0 Å². The number of esters is 1. The summed E-state index contributed by atoms with van der Waals surface area (Å²) in [5.74, 6) is 0.430. The van der Waals surface area contributed by atoms with Crippen LogP contribution in [0.25, 0.3) is 0 Å². The second kappa shape index (κ2) is 27.5. The monoisotopic (exact) mass is 558 g/mol. The van der Waals surface area contributed by atoms with Crippen LogP contribution in [0.15, 0.2) is 42.5 Å². The van der Waals surface area contributed by atoms with Gasteiger partial charge in [-0.25, -0.2) is 4.79 Å². The number of hydrogen-bond donors (Lipinski definition) is 0. The summed E-state index contributed by atoms with van der Waals surface area (Å²) in [6.07, 6.45) is 0. The highest BCUT2D eigenvalue weighted by Crippen LogP contribution is 2.07. The van der Waals surface area contributed by atoms with Crippen molar-refractivity contribution in [1.29, 1.82) is 0 Å². The van der Waals surface area contributed by atoms with Gasteiger partial charge in [0.2, 0.25) is 0 Å². The lowest BCUT2D eigenvalue weighted by atomic mass is 10.3. The maximum absolute atomic E-state index is 11.2. The first-order valence-electron chi connectivity index (χ1n) is 13.3. The van der Waals surface area contributed by atoms with Crippen LogP contribution in [-0.2, 0) is 47.4 Å². The van der Waals surface area contributed by atoms with Crippen molar-refractivity contribution in [3.05, 3.63) is 42.5 Å². The predicted octanol–water partition coefficient (Wildman–Crippen LogP) is 2.32. The second-order valence-electron chi connectivity index (χ2n) is 7.98. The highest BCUT2D eigenvalue weighted by atomic mass is 16.6. The van der Waals surface area contributed by atoms with Crippen molar-refractivity contribution in [2.75, 3.05) is 119 Å². The van der Waals surface area contributed by atoms with Gasteiger partial charge in [0.1, 0.15) is 19.0 Å². The Morgan fingerprint density at radius 1 is 0.513 bits per heavy atom. The molecule has 0 radical (unpaired) electrons. The zero-order valence-electron chi connectivity index (χ0n) is 23.3. The van der Waals surface area contributed by atoms with Crippen molar-refractivity contribution in [3.8, 4) is 5.75 Å². The van der Waals surface area contributed by atoms with E-state index in [1.54, 1.807) is 6.92 Å². The van der Waals surface area contributed by atoms with Gasteiger partial charge in [0.05, 0.1) is 106 Å². The molecule has 0 saturated heterocycles. The topological polar surface area (TPSA) is 109 Å². The van der Waals surface area contributed by atoms with E-state index in [-0.39, 0.29) is 6.61 Å². The molecule has 0 amide bonds. The van der Waals surface area contributed by atoms with Crippen molar-refractivity contribution >= 4 is 5.97 Å². The highest BCUT2D eigenvalue weighted by molar-refractivity contribution is 5.86. The van der Waals surface area contributed by atoms with Crippen LogP contribution in [0.1, 0.15) is 6.92 Å². The Hall–Kier alpha value is -2.09. The van der Waals surface area contributed by atoms with Crippen molar-refractivity contribution in [2.24, 2.45) is 0 Å². The zero-order valence-corrected chi connectivity index (χ0v) is 23.3. The summed E-state index contributed by atoms with van der Waals surface area (Å²) >= 11 is 0. The fraction of sp³-hybridized carbons (Fsp3) is 0.679. The number of para-hydroxylation sites is 1. The van der Waals surface area contributed by atoms with Gasteiger partial charge in [-0.2, -0.15) is 0 Å². The van der Waals surface area contributed by atoms with Crippen LogP contribution in [0, 0.1) is 0 Å². The molecule has 1 aromatic rings. The minimum absolute atomic E-state index is 0.202. The lowest BCUT2D eigenvalue weighted by molar-refractivity contribution is -0.140. The molecule has 1 rings (SSSR count). The molecule has 0 fully saturated rings. The van der Waals surface area contributed by atoms with Gasteiger partial charge in [-0.15, -0.1) is 0 Å². The van der Waals surface area contributed by atoms with E-state index < -0.39 is 5.97 Å². The molecule has 39 heavy (non-hydrogen) atoms. The number of ether oxygens (including phenoxy) is 10. The Labute approximate surface area is 232 Å². The highest BCUT2D eigenvalue weighted by Gasteiger charge is 2.02. The van der Waals surface area contributed by atoms with Crippen LogP contribution in [0.3, 0.4) is 0 Å². The van der Waals surface area contributed by atoms with Crippen molar-refractivity contribution in [3.63, 3.8) is 0 Å². The number of hydrogen-bond acceptors (Lipinski definition) is 11. The van der Waals surface area contributed by atoms with E-state index in [0.29, 0.717) is 118 Å².